The molecule has 0 bridgehead atoms. The van der Waals surface area contributed by atoms with Crippen molar-refractivity contribution in [3.8, 4) is 0 Å². The van der Waals surface area contributed by atoms with Crippen molar-refractivity contribution in [3.05, 3.63) is 77.9 Å². The number of carbonyl (C=O) groups excluding carboxylic acids is 4. The van der Waals surface area contributed by atoms with Gasteiger partial charge in [0.05, 0.1) is 11.3 Å². The highest BCUT2D eigenvalue weighted by Crippen LogP contribution is 2.20. The molecule has 2 aromatic carbocycles. The number of anilines is 1. The smallest absolute Gasteiger partial charge is 0.312 e. The van der Waals surface area contributed by atoms with Crippen LogP contribution in [0.1, 0.15) is 46.9 Å². The van der Waals surface area contributed by atoms with E-state index >= 15 is 0 Å². The highest BCUT2D eigenvalue weighted by atomic mass is 16.7. The Morgan fingerprint density at radius 1 is 0.900 bits per heavy atom. The summed E-state index contributed by atoms with van der Waals surface area (Å²) in [6.07, 6.45) is 4.28. The topological polar surface area (TPSA) is 93.1 Å². The molecule has 0 spiro atoms. The van der Waals surface area contributed by atoms with Gasteiger partial charge in [0, 0.05) is 17.7 Å². The Morgan fingerprint density at radius 2 is 1.53 bits per heavy atom. The van der Waals surface area contributed by atoms with Crippen LogP contribution in [0.25, 0.3) is 0 Å². The fraction of sp³-hybridized carbons (Fsp3) is 0.174. The van der Waals surface area contributed by atoms with Crippen LogP contribution in [-0.2, 0) is 14.4 Å². The van der Waals surface area contributed by atoms with Crippen molar-refractivity contribution in [2.45, 2.75) is 26.2 Å². The van der Waals surface area contributed by atoms with E-state index in [9.17, 15) is 19.2 Å². The van der Waals surface area contributed by atoms with E-state index in [2.05, 4.69) is 5.16 Å². The maximum absolute atomic E-state index is 12.9. The van der Waals surface area contributed by atoms with Crippen LogP contribution in [0.5, 0.6) is 0 Å². The summed E-state index contributed by atoms with van der Waals surface area (Å²) in [7, 11) is 0. The minimum absolute atomic E-state index is 0.129. The van der Waals surface area contributed by atoms with Gasteiger partial charge in [0.25, 0.3) is 11.8 Å². The van der Waals surface area contributed by atoms with E-state index in [1.165, 1.54) is 36.4 Å². The maximum Gasteiger partial charge on any atom is 0.365 e. The molecule has 152 valence electrons. The SMILES string of the molecule is CCCC/C(=N\OC(=O)c1ccccc1)C(=O)c1ccc(N2C(=O)C=CC2=O)cc1. The van der Waals surface area contributed by atoms with E-state index in [1.807, 2.05) is 6.92 Å². The van der Waals surface area contributed by atoms with Gasteiger partial charge >= 0.3 is 5.97 Å². The van der Waals surface area contributed by atoms with Gasteiger partial charge in [-0.15, -0.1) is 0 Å². The second kappa shape index (κ2) is 9.56. The third kappa shape index (κ3) is 4.75. The molecule has 2 amide bonds. The number of carbonyl (C=O) groups is 4. The fourth-order valence-corrected chi connectivity index (χ4v) is 2.85. The molecule has 0 unspecified atom stereocenters. The Hall–Kier alpha value is -3.87. The number of benzene rings is 2. The number of rotatable bonds is 8. The molecule has 2 aromatic rings. The van der Waals surface area contributed by atoms with Crippen LogP contribution in [0, 0.1) is 0 Å². The molecule has 3 rings (SSSR count). The number of ketones is 1. The van der Waals surface area contributed by atoms with Gasteiger partial charge in [0.15, 0.2) is 0 Å². The first kappa shape index (κ1) is 20.9. The molecule has 0 atom stereocenters. The number of oxime groups is 1. The lowest BCUT2D eigenvalue weighted by molar-refractivity contribution is -0.119. The molecule has 0 fully saturated rings. The quantitative estimate of drug-likeness (QED) is 0.220. The van der Waals surface area contributed by atoms with E-state index < -0.39 is 17.8 Å². The van der Waals surface area contributed by atoms with Crippen molar-refractivity contribution in [3.63, 3.8) is 0 Å². The van der Waals surface area contributed by atoms with E-state index in [4.69, 9.17) is 4.84 Å². The Labute approximate surface area is 173 Å². The van der Waals surface area contributed by atoms with Crippen LogP contribution in [-0.4, -0.2) is 29.3 Å². The van der Waals surface area contributed by atoms with Gasteiger partial charge in [-0.1, -0.05) is 36.7 Å². The minimum Gasteiger partial charge on any atom is -0.312 e. The third-order valence-electron chi connectivity index (χ3n) is 4.47. The molecule has 0 aliphatic carbocycles. The second-order valence-electron chi connectivity index (χ2n) is 6.61. The lowest BCUT2D eigenvalue weighted by atomic mass is 10.0. The van der Waals surface area contributed by atoms with Crippen LogP contribution in [0.3, 0.4) is 0 Å². The summed E-state index contributed by atoms with van der Waals surface area (Å²) in [5, 5.41) is 3.83. The van der Waals surface area contributed by atoms with Gasteiger partial charge in [-0.2, -0.15) is 0 Å². The summed E-state index contributed by atoms with van der Waals surface area (Å²) in [5.41, 5.74) is 1.15. The van der Waals surface area contributed by atoms with Gasteiger partial charge in [-0.05, 0) is 49.2 Å². The number of unbranched alkanes of at least 4 members (excludes halogenated alkanes) is 1. The number of nitrogens with zero attached hydrogens (tertiary/aromatic N) is 2. The molecule has 7 nitrogen and oxygen atoms in total. The van der Waals surface area contributed by atoms with Crippen LogP contribution >= 0.6 is 0 Å². The number of Topliss-reactive ketones (excluding diaryl/α,β-unsaturated/α-hetero) is 1. The third-order valence-corrected chi connectivity index (χ3v) is 4.47. The molecule has 0 saturated carbocycles. The van der Waals surface area contributed by atoms with E-state index in [1.54, 1.807) is 30.3 Å². The molecule has 7 heteroatoms. The zero-order chi connectivity index (χ0) is 21.5. The summed E-state index contributed by atoms with van der Waals surface area (Å²) in [4.78, 5) is 54.6. The number of hydrogen-bond donors (Lipinski definition) is 0. The summed E-state index contributed by atoms with van der Waals surface area (Å²) >= 11 is 0. The van der Waals surface area contributed by atoms with Gasteiger partial charge in [0.2, 0.25) is 5.78 Å². The number of hydrogen-bond acceptors (Lipinski definition) is 6. The zero-order valence-corrected chi connectivity index (χ0v) is 16.4. The first-order chi connectivity index (χ1) is 14.5. The fourth-order valence-electron chi connectivity index (χ4n) is 2.85. The molecule has 0 N–H and O–H groups in total. The molecule has 1 aliphatic rings. The highest BCUT2D eigenvalue weighted by Gasteiger charge is 2.25. The van der Waals surface area contributed by atoms with Crippen LogP contribution in [0.15, 0.2) is 71.9 Å². The molecular weight excluding hydrogens is 384 g/mol. The normalized spacial score (nSPS) is 13.6. The molecule has 0 saturated heterocycles. The van der Waals surface area contributed by atoms with Crippen molar-refractivity contribution in [1.29, 1.82) is 0 Å². The van der Waals surface area contributed by atoms with Gasteiger partial charge < -0.3 is 4.84 Å². The molecule has 1 heterocycles. The zero-order valence-electron chi connectivity index (χ0n) is 16.4. The van der Waals surface area contributed by atoms with Gasteiger partial charge in [-0.25, -0.2) is 9.69 Å². The molecule has 30 heavy (non-hydrogen) atoms. The van der Waals surface area contributed by atoms with Crippen molar-refractivity contribution in [1.82, 2.24) is 0 Å². The monoisotopic (exact) mass is 404 g/mol. The molecular formula is C23H20N2O5. The summed E-state index contributed by atoms with van der Waals surface area (Å²) in [6.45, 7) is 1.98. The summed E-state index contributed by atoms with van der Waals surface area (Å²) in [5.74, 6) is -1.89. The second-order valence-corrected chi connectivity index (χ2v) is 6.61. The van der Waals surface area contributed by atoms with Crippen molar-refractivity contribution < 1.29 is 24.0 Å². The molecule has 1 aliphatic heterocycles. The van der Waals surface area contributed by atoms with Crippen molar-refractivity contribution in [2.75, 3.05) is 4.90 Å². The molecule has 0 radical (unpaired) electrons. The van der Waals surface area contributed by atoms with Gasteiger partial charge in [-0.3, -0.25) is 14.4 Å². The lowest BCUT2D eigenvalue weighted by Gasteiger charge is -2.14. The van der Waals surface area contributed by atoms with Crippen LogP contribution < -0.4 is 4.90 Å². The molecule has 0 aromatic heterocycles. The Kier molecular flexibility index (Phi) is 6.64. The van der Waals surface area contributed by atoms with E-state index in [-0.39, 0.29) is 11.5 Å². The number of imide groups is 1. The standard InChI is InChI=1S/C23H20N2O5/c1-2-3-9-19(24-30-23(29)17-7-5-4-6-8-17)22(28)16-10-12-18(13-11-16)25-20(26)14-15-21(25)27/h4-8,10-15H,2-3,9H2,1H3/b24-19+. The summed E-state index contributed by atoms with van der Waals surface area (Å²) in [6, 6.07) is 14.4. The van der Waals surface area contributed by atoms with Crippen LogP contribution in [0.2, 0.25) is 0 Å². The highest BCUT2D eigenvalue weighted by molar-refractivity contribution is 6.46. The first-order valence-corrected chi connectivity index (χ1v) is 9.55. The van der Waals surface area contributed by atoms with E-state index in [0.29, 0.717) is 29.7 Å². The van der Waals surface area contributed by atoms with Crippen molar-refractivity contribution in [2.24, 2.45) is 5.16 Å². The summed E-state index contributed by atoms with van der Waals surface area (Å²) < 4.78 is 0. The van der Waals surface area contributed by atoms with Crippen LogP contribution in [0.4, 0.5) is 5.69 Å². The maximum atomic E-state index is 12.9. The Bertz CT molecular complexity index is 1010. The first-order valence-electron chi connectivity index (χ1n) is 9.55. The minimum atomic E-state index is -0.647. The van der Waals surface area contributed by atoms with E-state index in [0.717, 1.165) is 11.3 Å². The average molecular weight is 404 g/mol. The van der Waals surface area contributed by atoms with Crippen molar-refractivity contribution >= 4 is 35.0 Å². The predicted molar refractivity (Wildman–Crippen MR) is 111 cm³/mol. The van der Waals surface area contributed by atoms with Gasteiger partial charge in [0.1, 0.15) is 5.71 Å². The Balaban J connectivity index is 1.77. The average Bonchev–Trinajstić information content (AvgIpc) is 3.12. The number of amides is 2. The Morgan fingerprint density at radius 3 is 2.13 bits per heavy atom. The lowest BCUT2D eigenvalue weighted by Crippen LogP contribution is -2.29. The largest absolute Gasteiger partial charge is 0.365 e. The predicted octanol–water partition coefficient (Wildman–Crippen LogP) is 3.70.